The Bertz CT molecular complexity index is 134. The number of hydrogen-bond acceptors (Lipinski definition) is 3. The largest absolute Gasteiger partial charge is 1.00 e. The van der Waals surface area contributed by atoms with Crippen LogP contribution in [0.25, 0.3) is 0 Å². The Kier molecular flexibility index (Phi) is 11.6. The summed E-state index contributed by atoms with van der Waals surface area (Å²) in [5.74, 6) is 0. The Hall–Kier alpha value is 0.810. The third kappa shape index (κ3) is 10.8. The van der Waals surface area contributed by atoms with Crippen LogP contribution in [0.3, 0.4) is 0 Å². The summed E-state index contributed by atoms with van der Waals surface area (Å²) in [6.45, 7) is 5.21. The van der Waals surface area contributed by atoms with Gasteiger partial charge in [-0.1, -0.05) is 6.08 Å². The van der Waals surface area contributed by atoms with Gasteiger partial charge in [-0.25, -0.2) is 4.21 Å². The van der Waals surface area contributed by atoms with Gasteiger partial charge in [0.2, 0.25) is 0 Å². The summed E-state index contributed by atoms with van der Waals surface area (Å²) in [6, 6.07) is 0. The quantitative estimate of drug-likeness (QED) is 0.292. The number of allylic oxidation sites excluding steroid dienone is 1. The van der Waals surface area contributed by atoms with E-state index < -0.39 is 11.4 Å². The fourth-order valence-electron chi connectivity index (χ4n) is 0.535. The van der Waals surface area contributed by atoms with E-state index in [0.29, 0.717) is 6.42 Å². The van der Waals surface area contributed by atoms with E-state index in [-0.39, 0.29) is 37.1 Å². The van der Waals surface area contributed by atoms with Crippen molar-refractivity contribution in [1.29, 1.82) is 0 Å². The molecule has 0 radical (unpaired) electrons. The zero-order valence-corrected chi connectivity index (χ0v) is 9.73. The number of hydrogen-bond donors (Lipinski definition) is 0. The molecule has 0 bridgehead atoms. The molecule has 0 fully saturated rings. The van der Waals surface area contributed by atoms with Crippen LogP contribution in [-0.2, 0) is 15.5 Å². The van der Waals surface area contributed by atoms with Crippen LogP contribution >= 0.6 is 0 Å². The van der Waals surface area contributed by atoms with Gasteiger partial charge in [0.25, 0.3) is 0 Å². The second-order valence-corrected chi connectivity index (χ2v) is 2.58. The minimum atomic E-state index is -2.38. The van der Waals surface area contributed by atoms with Gasteiger partial charge in [-0.05, 0) is 19.8 Å². The average molecular weight is 187 g/mol. The van der Waals surface area contributed by atoms with Crippen LogP contribution < -0.4 is 29.6 Å². The summed E-state index contributed by atoms with van der Waals surface area (Å²) < 4.78 is 24.3. The molecule has 62 valence electrons. The van der Waals surface area contributed by atoms with E-state index in [9.17, 15) is 8.76 Å². The van der Waals surface area contributed by atoms with E-state index >= 15 is 0 Å². The second kappa shape index (κ2) is 8.90. The molecular weight excluding hydrogens is 175 g/mol. The summed E-state index contributed by atoms with van der Waals surface area (Å²) in [5, 5.41) is 0. The second-order valence-electron chi connectivity index (χ2n) is 1.98. The van der Waals surface area contributed by atoms with Crippen molar-refractivity contribution in [3.63, 3.8) is 0 Å². The fraction of sp³-hybridized carbons (Fsp3) is 0.667. The van der Waals surface area contributed by atoms with E-state index in [1.165, 1.54) is 0 Å². The minimum absolute atomic E-state index is 0. The maximum absolute atomic E-state index is 9.92. The monoisotopic (exact) mass is 187 g/mol. The predicted octanol–water partition coefficient (Wildman–Crippen LogP) is -1.73. The van der Waals surface area contributed by atoms with Gasteiger partial charge in [0.1, 0.15) is 0 Å². The summed E-state index contributed by atoms with van der Waals surface area (Å²) in [4.78, 5) is 0. The van der Waals surface area contributed by atoms with E-state index in [2.05, 4.69) is 10.8 Å². The summed E-state index contributed by atoms with van der Waals surface area (Å²) in [7, 11) is 0. The first-order valence-electron chi connectivity index (χ1n) is 3.04. The molecule has 11 heavy (non-hydrogen) atoms. The third-order valence-corrected chi connectivity index (χ3v) is 1.51. The van der Waals surface area contributed by atoms with Crippen LogP contribution in [0.1, 0.15) is 21.2 Å². The van der Waals surface area contributed by atoms with E-state index in [4.69, 9.17) is 0 Å². The Morgan fingerprint density at radius 3 is 2.82 bits per heavy atom. The van der Waals surface area contributed by atoms with Crippen LogP contribution in [0.2, 0.25) is 0 Å². The van der Waals surface area contributed by atoms with Gasteiger partial charge >= 0.3 is 29.6 Å². The summed E-state index contributed by atoms with van der Waals surface area (Å²) in [6.07, 6.45) is 2.96. The summed E-state index contributed by atoms with van der Waals surface area (Å²) in [5.41, 5.74) is 0. The van der Waals surface area contributed by atoms with Crippen molar-refractivity contribution in [3.05, 3.63) is 12.7 Å². The van der Waals surface area contributed by atoms with Crippen molar-refractivity contribution in [2.45, 2.75) is 25.9 Å². The van der Waals surface area contributed by atoms with Crippen molar-refractivity contribution >= 4 is 11.4 Å². The Morgan fingerprint density at radius 1 is 1.91 bits per heavy atom. The van der Waals surface area contributed by atoms with Crippen molar-refractivity contribution in [3.8, 4) is 0 Å². The van der Waals surface area contributed by atoms with Crippen LogP contribution in [0.4, 0.5) is 0 Å². The zero-order valence-electron chi connectivity index (χ0n) is 7.91. The van der Waals surface area contributed by atoms with Gasteiger partial charge in [-0.2, -0.15) is 0 Å². The molecule has 0 spiro atoms. The van der Waals surface area contributed by atoms with Crippen molar-refractivity contribution in [1.82, 2.24) is 0 Å². The van der Waals surface area contributed by atoms with Gasteiger partial charge in [0, 0.05) is 0 Å². The third-order valence-electron chi connectivity index (χ3n) is 1.02. The fourth-order valence-corrected chi connectivity index (χ4v) is 0.899. The normalized spacial score (nSPS) is 14.7. The molecule has 5 heteroatoms. The van der Waals surface area contributed by atoms with Gasteiger partial charge in [0.15, 0.2) is 0 Å². The zero-order chi connectivity index (χ0) is 7.98. The topological polar surface area (TPSA) is 49.4 Å². The molecule has 0 aromatic carbocycles. The predicted molar refractivity (Wildman–Crippen MR) is 40.0 cm³/mol. The van der Waals surface area contributed by atoms with Crippen LogP contribution in [0.5, 0.6) is 0 Å². The van der Waals surface area contributed by atoms with E-state index in [0.717, 1.165) is 6.42 Å². The minimum Gasteiger partial charge on any atom is -1.00 e. The van der Waals surface area contributed by atoms with Crippen LogP contribution in [0.15, 0.2) is 12.7 Å². The smallest absolute Gasteiger partial charge is 1.00 e. The molecule has 3 nitrogen and oxygen atoms in total. The molecule has 0 aromatic heterocycles. The SMILES string of the molecule is C=CCCC(C)OS(=O)[O-].[H-].[Na+]. The molecule has 0 N–H and O–H groups in total. The number of rotatable bonds is 5. The Balaban J connectivity index is -0.000000405. The first-order chi connectivity index (χ1) is 4.66. The van der Waals surface area contributed by atoms with E-state index in [1.54, 1.807) is 13.0 Å². The van der Waals surface area contributed by atoms with Gasteiger partial charge in [-0.3, -0.25) is 4.18 Å². The molecule has 0 amide bonds. The van der Waals surface area contributed by atoms with Crippen molar-refractivity contribution in [2.24, 2.45) is 0 Å². The molecule has 0 saturated carbocycles. The van der Waals surface area contributed by atoms with Gasteiger partial charge in [-0.15, -0.1) is 6.58 Å². The standard InChI is InChI=1S/C6H12O3S.Na.H/c1-3-4-5-6(2)9-10(7)8;;/h3,6H,1,4-5H2,2H3,(H,7,8);;/q;+1;-1/p-1. The average Bonchev–Trinajstić information content (AvgIpc) is 1.82. The molecule has 0 saturated heterocycles. The first kappa shape index (κ1) is 14.3. The molecular formula is C6H12NaO3S-. The molecule has 0 rings (SSSR count). The molecule has 0 aliphatic carbocycles. The molecule has 0 aromatic rings. The molecule has 0 aliphatic rings. The molecule has 0 heterocycles. The maximum atomic E-state index is 9.92. The molecule has 2 atom stereocenters. The summed E-state index contributed by atoms with van der Waals surface area (Å²) >= 11 is -2.38. The molecule has 2 unspecified atom stereocenters. The van der Waals surface area contributed by atoms with Gasteiger partial charge < -0.3 is 5.98 Å². The van der Waals surface area contributed by atoms with Gasteiger partial charge in [0.05, 0.1) is 17.5 Å². The maximum Gasteiger partial charge on any atom is 1.00 e. The molecule has 0 aliphatic heterocycles. The van der Waals surface area contributed by atoms with Crippen molar-refractivity contribution < 1.29 is 43.9 Å². The Labute approximate surface area is 93.5 Å². The van der Waals surface area contributed by atoms with Crippen LogP contribution in [-0.4, -0.2) is 14.9 Å². The first-order valence-corrected chi connectivity index (χ1v) is 4.04. The Morgan fingerprint density at radius 2 is 2.45 bits per heavy atom. The van der Waals surface area contributed by atoms with Crippen LogP contribution in [0, 0.1) is 0 Å². The van der Waals surface area contributed by atoms with Crippen molar-refractivity contribution in [2.75, 3.05) is 0 Å². The van der Waals surface area contributed by atoms with E-state index in [1.807, 2.05) is 0 Å².